The highest BCUT2D eigenvalue weighted by atomic mass is 79.9. The maximum Gasteiger partial charge on any atom is 0.157 e. The first-order valence-corrected chi connectivity index (χ1v) is 4.22. The Balaban J connectivity index is 2.46. The van der Waals surface area contributed by atoms with Crippen LogP contribution in [0.3, 0.4) is 0 Å². The molecule has 1 aliphatic rings. The van der Waals surface area contributed by atoms with Gasteiger partial charge in [0.2, 0.25) is 0 Å². The van der Waals surface area contributed by atoms with E-state index in [1.807, 2.05) is 0 Å². The Morgan fingerprint density at radius 3 is 2.30 bits per heavy atom. The Morgan fingerprint density at radius 2 is 2.00 bits per heavy atom. The first-order valence-electron chi connectivity index (χ1n) is 3.31. The smallest absolute Gasteiger partial charge is 0.157 e. The molecule has 10 heavy (non-hydrogen) atoms. The zero-order valence-electron chi connectivity index (χ0n) is 5.76. The number of hydrogen-bond acceptors (Lipinski definition) is 2. The molecule has 0 aliphatic heterocycles. The van der Waals surface area contributed by atoms with E-state index < -0.39 is 4.83 Å². The van der Waals surface area contributed by atoms with Crippen molar-refractivity contribution in [3.8, 4) is 0 Å². The van der Waals surface area contributed by atoms with Gasteiger partial charge in [0.15, 0.2) is 11.6 Å². The van der Waals surface area contributed by atoms with Gasteiger partial charge in [0.25, 0.3) is 0 Å². The van der Waals surface area contributed by atoms with E-state index in [1.165, 1.54) is 6.92 Å². The number of carbonyl (C=O) groups excluding carboxylic acids is 2. The highest BCUT2D eigenvalue weighted by Gasteiger charge is 2.35. The molecule has 1 rings (SSSR count). The van der Waals surface area contributed by atoms with Crippen molar-refractivity contribution >= 4 is 27.5 Å². The van der Waals surface area contributed by atoms with Crippen molar-refractivity contribution in [2.75, 3.05) is 0 Å². The first kappa shape index (κ1) is 7.92. The van der Waals surface area contributed by atoms with Crippen LogP contribution in [0.25, 0.3) is 0 Å². The van der Waals surface area contributed by atoms with E-state index >= 15 is 0 Å². The monoisotopic (exact) mass is 204 g/mol. The minimum absolute atomic E-state index is 0.0625. The average molecular weight is 205 g/mol. The minimum atomic E-state index is -0.542. The molecule has 1 fully saturated rings. The van der Waals surface area contributed by atoms with Gasteiger partial charge in [-0.15, -0.1) is 0 Å². The molecule has 1 saturated carbocycles. The summed E-state index contributed by atoms with van der Waals surface area (Å²) in [6.45, 7) is 1.43. The van der Waals surface area contributed by atoms with Gasteiger partial charge >= 0.3 is 0 Å². The molecule has 0 spiro atoms. The highest BCUT2D eigenvalue weighted by Crippen LogP contribution is 2.32. The van der Waals surface area contributed by atoms with Crippen LogP contribution in [0, 0.1) is 5.92 Å². The lowest BCUT2D eigenvalue weighted by Crippen LogP contribution is -2.22. The molecule has 0 saturated heterocycles. The summed E-state index contributed by atoms with van der Waals surface area (Å²) in [6.07, 6.45) is 1.93. The van der Waals surface area contributed by atoms with E-state index in [-0.39, 0.29) is 17.5 Å². The number of rotatable bonds is 3. The lowest BCUT2D eigenvalue weighted by Gasteiger charge is -2.00. The van der Waals surface area contributed by atoms with Crippen molar-refractivity contribution in [1.29, 1.82) is 0 Å². The van der Waals surface area contributed by atoms with Crippen LogP contribution in [0.2, 0.25) is 0 Å². The summed E-state index contributed by atoms with van der Waals surface area (Å²) in [4.78, 5) is 21.2. The van der Waals surface area contributed by atoms with Crippen LogP contribution in [-0.2, 0) is 9.59 Å². The van der Waals surface area contributed by atoms with Crippen molar-refractivity contribution in [2.24, 2.45) is 5.92 Å². The van der Waals surface area contributed by atoms with Gasteiger partial charge in [0.1, 0.15) is 4.83 Å². The Hall–Kier alpha value is -0.180. The molecule has 1 unspecified atom stereocenters. The molecule has 0 amide bonds. The second-order valence-corrected chi connectivity index (χ2v) is 3.57. The van der Waals surface area contributed by atoms with Crippen molar-refractivity contribution in [3.05, 3.63) is 0 Å². The predicted octanol–water partition coefficient (Wildman–Crippen LogP) is 1.32. The maximum atomic E-state index is 11.1. The Bertz CT molecular complexity index is 172. The molecule has 1 aliphatic carbocycles. The lowest BCUT2D eigenvalue weighted by molar-refractivity contribution is -0.125. The molecule has 56 valence electrons. The van der Waals surface area contributed by atoms with Crippen LogP contribution in [0.1, 0.15) is 19.8 Å². The normalized spacial score (nSPS) is 20.2. The van der Waals surface area contributed by atoms with Gasteiger partial charge in [-0.05, 0) is 19.8 Å². The summed E-state index contributed by atoms with van der Waals surface area (Å²) in [6, 6.07) is 0. The summed E-state index contributed by atoms with van der Waals surface area (Å²) in [7, 11) is 0. The molecular weight excluding hydrogens is 196 g/mol. The summed E-state index contributed by atoms with van der Waals surface area (Å²) in [5, 5.41) is 0. The third-order valence-corrected chi connectivity index (χ3v) is 2.68. The Kier molecular flexibility index (Phi) is 2.24. The quantitative estimate of drug-likeness (QED) is 0.514. The Labute approximate surface area is 68.1 Å². The van der Waals surface area contributed by atoms with E-state index in [0.717, 1.165) is 12.8 Å². The van der Waals surface area contributed by atoms with E-state index in [0.29, 0.717) is 0 Å². The zero-order valence-corrected chi connectivity index (χ0v) is 7.35. The molecule has 0 aromatic rings. The molecule has 0 radical (unpaired) electrons. The zero-order chi connectivity index (χ0) is 7.72. The van der Waals surface area contributed by atoms with Crippen molar-refractivity contribution in [2.45, 2.75) is 24.6 Å². The average Bonchev–Trinajstić information content (AvgIpc) is 2.65. The fourth-order valence-electron chi connectivity index (χ4n) is 0.775. The fourth-order valence-corrected chi connectivity index (χ4v) is 1.15. The van der Waals surface area contributed by atoms with Gasteiger partial charge in [-0.1, -0.05) is 15.9 Å². The number of carbonyl (C=O) groups is 2. The van der Waals surface area contributed by atoms with Crippen molar-refractivity contribution in [3.63, 3.8) is 0 Å². The SMILES string of the molecule is CC(=O)C(Br)C(=O)C1CC1. The minimum Gasteiger partial charge on any atom is -0.298 e. The summed E-state index contributed by atoms with van der Waals surface area (Å²) in [5.74, 6) is 0.151. The molecule has 2 nitrogen and oxygen atoms in total. The number of hydrogen-bond donors (Lipinski definition) is 0. The molecule has 1 atom stereocenters. The maximum absolute atomic E-state index is 11.1. The van der Waals surface area contributed by atoms with Gasteiger partial charge in [-0.25, -0.2) is 0 Å². The first-order chi connectivity index (χ1) is 4.63. The summed E-state index contributed by atoms with van der Waals surface area (Å²) in [5.41, 5.74) is 0. The number of ketones is 2. The second kappa shape index (κ2) is 2.82. The third-order valence-electron chi connectivity index (χ3n) is 1.59. The van der Waals surface area contributed by atoms with Gasteiger partial charge in [0.05, 0.1) is 0 Å². The summed E-state index contributed by atoms with van der Waals surface area (Å²) >= 11 is 3.05. The van der Waals surface area contributed by atoms with Crippen LogP contribution in [0.5, 0.6) is 0 Å². The molecule has 3 heteroatoms. The fraction of sp³-hybridized carbons (Fsp3) is 0.714. The van der Waals surface area contributed by atoms with E-state index in [2.05, 4.69) is 15.9 Å². The van der Waals surface area contributed by atoms with Crippen molar-refractivity contribution < 1.29 is 9.59 Å². The molecule has 0 aromatic carbocycles. The molecule has 0 aromatic heterocycles. The highest BCUT2D eigenvalue weighted by molar-refractivity contribution is 9.10. The number of halogens is 1. The van der Waals surface area contributed by atoms with Gasteiger partial charge in [-0.2, -0.15) is 0 Å². The molecule has 0 bridgehead atoms. The standard InChI is InChI=1S/C7H9BrO2/c1-4(9)6(8)7(10)5-2-3-5/h5-6H,2-3H2,1H3. The molecule has 0 N–H and O–H groups in total. The van der Waals surface area contributed by atoms with Gasteiger partial charge in [0, 0.05) is 5.92 Å². The van der Waals surface area contributed by atoms with Crippen molar-refractivity contribution in [1.82, 2.24) is 0 Å². The topological polar surface area (TPSA) is 34.1 Å². The third kappa shape index (κ3) is 1.66. The Morgan fingerprint density at radius 1 is 1.50 bits per heavy atom. The molecular formula is C7H9BrO2. The van der Waals surface area contributed by atoms with E-state index in [1.54, 1.807) is 0 Å². The van der Waals surface area contributed by atoms with Crippen LogP contribution >= 0.6 is 15.9 Å². The number of Topliss-reactive ketones (excluding diaryl/α,β-unsaturated/α-hetero) is 2. The van der Waals surface area contributed by atoms with Gasteiger partial charge in [-0.3, -0.25) is 9.59 Å². The largest absolute Gasteiger partial charge is 0.298 e. The van der Waals surface area contributed by atoms with Crippen LogP contribution in [0.15, 0.2) is 0 Å². The number of alkyl halides is 1. The van der Waals surface area contributed by atoms with Gasteiger partial charge < -0.3 is 0 Å². The van der Waals surface area contributed by atoms with Crippen LogP contribution in [-0.4, -0.2) is 16.4 Å². The van der Waals surface area contributed by atoms with E-state index in [9.17, 15) is 9.59 Å². The van der Waals surface area contributed by atoms with Crippen LogP contribution in [0.4, 0.5) is 0 Å². The summed E-state index contributed by atoms with van der Waals surface area (Å²) < 4.78 is 0. The predicted molar refractivity (Wildman–Crippen MR) is 41.1 cm³/mol. The van der Waals surface area contributed by atoms with E-state index in [4.69, 9.17) is 0 Å². The lowest BCUT2D eigenvalue weighted by atomic mass is 10.1. The second-order valence-electron chi connectivity index (χ2n) is 2.65. The molecule has 0 heterocycles. The van der Waals surface area contributed by atoms with Crippen LogP contribution < -0.4 is 0 Å².